The molecule has 1 fully saturated rings. The molecule has 0 spiro atoms. The maximum atomic E-state index is 5.91. The van der Waals surface area contributed by atoms with Gasteiger partial charge in [-0.25, -0.2) is 4.98 Å². The summed E-state index contributed by atoms with van der Waals surface area (Å²) < 4.78 is 0. The Balaban J connectivity index is 1.98. The molecule has 0 bridgehead atoms. The van der Waals surface area contributed by atoms with Gasteiger partial charge in [-0.3, -0.25) is 4.90 Å². The quantitative estimate of drug-likeness (QED) is 0.762. The van der Waals surface area contributed by atoms with Gasteiger partial charge in [0.2, 0.25) is 0 Å². The Bertz CT molecular complexity index is 367. The predicted molar refractivity (Wildman–Crippen MR) is 72.1 cm³/mol. The number of halogens is 1. The van der Waals surface area contributed by atoms with Crippen LogP contribution < -0.4 is 0 Å². The topological polar surface area (TPSA) is 16.1 Å². The molecule has 0 amide bonds. The zero-order chi connectivity index (χ0) is 12.3. The molecule has 17 heavy (non-hydrogen) atoms. The average molecular weight is 253 g/mol. The van der Waals surface area contributed by atoms with E-state index in [4.69, 9.17) is 11.6 Å². The highest BCUT2D eigenvalue weighted by molar-refractivity contribution is 6.29. The Hall–Kier alpha value is -0.600. The molecule has 1 aliphatic carbocycles. The molecule has 0 saturated heterocycles. The summed E-state index contributed by atoms with van der Waals surface area (Å²) in [6.45, 7) is 3.27. The lowest BCUT2D eigenvalue weighted by Gasteiger charge is -2.36. The van der Waals surface area contributed by atoms with Crippen LogP contribution in [0.2, 0.25) is 5.15 Å². The highest BCUT2D eigenvalue weighted by Crippen LogP contribution is 2.28. The van der Waals surface area contributed by atoms with E-state index >= 15 is 0 Å². The molecule has 2 unspecified atom stereocenters. The molecule has 2 atom stereocenters. The molecular formula is C14H21ClN2. The van der Waals surface area contributed by atoms with E-state index in [1.807, 2.05) is 12.1 Å². The van der Waals surface area contributed by atoms with Crippen LogP contribution in [0, 0.1) is 5.92 Å². The molecular weight excluding hydrogens is 232 g/mol. The SMILES string of the molecule is CC1CCCCC1N(C)Cc1cccc(Cl)n1. The molecule has 2 nitrogen and oxygen atoms in total. The van der Waals surface area contributed by atoms with E-state index in [1.165, 1.54) is 25.7 Å². The van der Waals surface area contributed by atoms with Crippen LogP contribution >= 0.6 is 11.6 Å². The van der Waals surface area contributed by atoms with Crippen molar-refractivity contribution in [2.75, 3.05) is 7.05 Å². The summed E-state index contributed by atoms with van der Waals surface area (Å²) in [5.41, 5.74) is 1.07. The Morgan fingerprint density at radius 2 is 2.12 bits per heavy atom. The van der Waals surface area contributed by atoms with E-state index in [9.17, 15) is 0 Å². The minimum absolute atomic E-state index is 0.590. The third-order valence-corrected chi connectivity index (χ3v) is 4.03. The molecule has 3 heteroatoms. The minimum atomic E-state index is 0.590. The third-order valence-electron chi connectivity index (χ3n) is 3.82. The second-order valence-electron chi connectivity index (χ2n) is 5.20. The first-order valence-electron chi connectivity index (χ1n) is 6.48. The first-order chi connectivity index (χ1) is 8.16. The summed E-state index contributed by atoms with van der Waals surface area (Å²) in [7, 11) is 2.20. The van der Waals surface area contributed by atoms with Crippen molar-refractivity contribution in [3.8, 4) is 0 Å². The standard InChI is InChI=1S/C14H21ClN2/c1-11-6-3-4-8-13(11)17(2)10-12-7-5-9-14(15)16-12/h5,7,9,11,13H,3-4,6,8,10H2,1-2H3. The van der Waals surface area contributed by atoms with Crippen LogP contribution in [0.25, 0.3) is 0 Å². The van der Waals surface area contributed by atoms with Crippen LogP contribution in [0.3, 0.4) is 0 Å². The van der Waals surface area contributed by atoms with Crippen molar-refractivity contribution in [1.29, 1.82) is 0 Å². The molecule has 0 aromatic carbocycles. The van der Waals surface area contributed by atoms with Gasteiger partial charge in [-0.1, -0.05) is 37.4 Å². The van der Waals surface area contributed by atoms with Gasteiger partial charge >= 0.3 is 0 Å². The van der Waals surface area contributed by atoms with E-state index in [1.54, 1.807) is 0 Å². The fourth-order valence-corrected chi connectivity index (χ4v) is 3.04. The fourth-order valence-electron chi connectivity index (χ4n) is 2.86. The van der Waals surface area contributed by atoms with Gasteiger partial charge in [-0.15, -0.1) is 0 Å². The lowest BCUT2D eigenvalue weighted by molar-refractivity contribution is 0.132. The molecule has 2 rings (SSSR count). The van der Waals surface area contributed by atoms with E-state index in [2.05, 4.69) is 29.9 Å². The number of hydrogen-bond acceptors (Lipinski definition) is 2. The lowest BCUT2D eigenvalue weighted by atomic mass is 9.85. The fraction of sp³-hybridized carbons (Fsp3) is 0.643. The smallest absolute Gasteiger partial charge is 0.129 e. The normalized spacial score (nSPS) is 25.2. The maximum absolute atomic E-state index is 5.91. The first-order valence-corrected chi connectivity index (χ1v) is 6.86. The first kappa shape index (κ1) is 12.8. The van der Waals surface area contributed by atoms with Crippen LogP contribution in [0.15, 0.2) is 18.2 Å². The molecule has 1 saturated carbocycles. The van der Waals surface area contributed by atoms with Crippen LogP contribution in [0.1, 0.15) is 38.3 Å². The summed E-state index contributed by atoms with van der Waals surface area (Å²) in [4.78, 5) is 6.79. The highest BCUT2D eigenvalue weighted by Gasteiger charge is 2.24. The van der Waals surface area contributed by atoms with Gasteiger partial charge in [0.05, 0.1) is 5.69 Å². The van der Waals surface area contributed by atoms with E-state index < -0.39 is 0 Å². The molecule has 0 N–H and O–H groups in total. The zero-order valence-electron chi connectivity index (χ0n) is 10.7. The van der Waals surface area contributed by atoms with E-state index in [0.29, 0.717) is 11.2 Å². The molecule has 1 heterocycles. The Kier molecular flexibility index (Phi) is 4.41. The number of nitrogens with zero attached hydrogens (tertiary/aromatic N) is 2. The van der Waals surface area contributed by atoms with Crippen LogP contribution in [0.4, 0.5) is 0 Å². The number of hydrogen-bond donors (Lipinski definition) is 0. The molecule has 1 aromatic rings. The average Bonchev–Trinajstić information content (AvgIpc) is 2.29. The molecule has 1 aliphatic rings. The monoisotopic (exact) mass is 252 g/mol. The minimum Gasteiger partial charge on any atom is -0.297 e. The summed E-state index contributed by atoms with van der Waals surface area (Å²) in [5, 5.41) is 0.590. The summed E-state index contributed by atoms with van der Waals surface area (Å²) in [5.74, 6) is 0.799. The Morgan fingerprint density at radius 3 is 2.82 bits per heavy atom. The largest absolute Gasteiger partial charge is 0.297 e. The molecule has 1 aromatic heterocycles. The number of aromatic nitrogens is 1. The third kappa shape index (κ3) is 3.43. The van der Waals surface area contributed by atoms with E-state index in [-0.39, 0.29) is 0 Å². The van der Waals surface area contributed by atoms with Crippen molar-refractivity contribution >= 4 is 11.6 Å². The van der Waals surface area contributed by atoms with Gasteiger partial charge in [-0.2, -0.15) is 0 Å². The molecule has 94 valence electrons. The zero-order valence-corrected chi connectivity index (χ0v) is 11.5. The number of pyridine rings is 1. The second-order valence-corrected chi connectivity index (χ2v) is 5.58. The van der Waals surface area contributed by atoms with Crippen molar-refractivity contribution in [3.63, 3.8) is 0 Å². The Labute approximate surface area is 109 Å². The summed E-state index contributed by atoms with van der Waals surface area (Å²) in [6, 6.07) is 6.55. The second kappa shape index (κ2) is 5.83. The summed E-state index contributed by atoms with van der Waals surface area (Å²) in [6.07, 6.45) is 5.43. The van der Waals surface area contributed by atoms with Crippen LogP contribution in [0.5, 0.6) is 0 Å². The van der Waals surface area contributed by atoms with Crippen LogP contribution in [-0.4, -0.2) is 23.0 Å². The van der Waals surface area contributed by atoms with Gasteiger partial charge in [-0.05, 0) is 37.9 Å². The summed E-state index contributed by atoms with van der Waals surface area (Å²) >= 11 is 5.91. The van der Waals surface area contributed by atoms with Crippen molar-refractivity contribution in [1.82, 2.24) is 9.88 Å². The van der Waals surface area contributed by atoms with Gasteiger partial charge in [0.1, 0.15) is 5.15 Å². The predicted octanol–water partition coefficient (Wildman–Crippen LogP) is 3.75. The lowest BCUT2D eigenvalue weighted by Crippen LogP contribution is -2.38. The van der Waals surface area contributed by atoms with Crippen molar-refractivity contribution in [3.05, 3.63) is 29.0 Å². The molecule has 0 aliphatic heterocycles. The highest BCUT2D eigenvalue weighted by atomic mass is 35.5. The maximum Gasteiger partial charge on any atom is 0.129 e. The number of rotatable bonds is 3. The van der Waals surface area contributed by atoms with Crippen LogP contribution in [-0.2, 0) is 6.54 Å². The van der Waals surface area contributed by atoms with Crippen molar-refractivity contribution < 1.29 is 0 Å². The van der Waals surface area contributed by atoms with Gasteiger partial charge in [0.15, 0.2) is 0 Å². The van der Waals surface area contributed by atoms with Crippen molar-refractivity contribution in [2.24, 2.45) is 5.92 Å². The van der Waals surface area contributed by atoms with Gasteiger partial charge in [0.25, 0.3) is 0 Å². The van der Waals surface area contributed by atoms with E-state index in [0.717, 1.165) is 18.2 Å². The molecule has 0 radical (unpaired) electrons. The Morgan fingerprint density at radius 1 is 1.35 bits per heavy atom. The van der Waals surface area contributed by atoms with Gasteiger partial charge < -0.3 is 0 Å². The van der Waals surface area contributed by atoms with Crippen molar-refractivity contribution in [2.45, 2.75) is 45.2 Å². The van der Waals surface area contributed by atoms with Gasteiger partial charge in [0, 0.05) is 12.6 Å².